The number of thiophene rings is 1. The SMILES string of the molecule is CCN1CCC2(CN(C(=O)N(C)C)CC23CCN(Cc2ccc(C)s2)CC3)C1=O. The highest BCUT2D eigenvalue weighted by Crippen LogP contribution is 2.58. The first kappa shape index (κ1) is 20.7. The Bertz CT molecular complexity index is 784. The summed E-state index contributed by atoms with van der Waals surface area (Å²) in [6, 6.07) is 4.47. The maximum atomic E-state index is 13.5. The van der Waals surface area contributed by atoms with Crippen molar-refractivity contribution in [2.24, 2.45) is 10.8 Å². The van der Waals surface area contributed by atoms with Gasteiger partial charge < -0.3 is 14.7 Å². The van der Waals surface area contributed by atoms with Crippen molar-refractivity contribution in [3.63, 3.8) is 0 Å². The van der Waals surface area contributed by atoms with Gasteiger partial charge in [-0.3, -0.25) is 9.69 Å². The fourth-order valence-corrected chi connectivity index (χ4v) is 6.76. The lowest BCUT2D eigenvalue weighted by molar-refractivity contribution is -0.142. The maximum Gasteiger partial charge on any atom is 0.319 e. The van der Waals surface area contributed by atoms with Crippen LogP contribution in [0.4, 0.5) is 4.79 Å². The number of rotatable bonds is 3. The number of amides is 3. The summed E-state index contributed by atoms with van der Waals surface area (Å²) in [5.74, 6) is 0.288. The van der Waals surface area contributed by atoms with E-state index in [1.165, 1.54) is 9.75 Å². The molecule has 1 aromatic heterocycles. The van der Waals surface area contributed by atoms with E-state index >= 15 is 0 Å². The molecule has 2 spiro atoms. The van der Waals surface area contributed by atoms with Crippen LogP contribution >= 0.6 is 11.3 Å². The van der Waals surface area contributed by atoms with Gasteiger partial charge in [0.25, 0.3) is 0 Å². The molecule has 1 atom stereocenters. The second-order valence-electron chi connectivity index (χ2n) is 9.32. The summed E-state index contributed by atoms with van der Waals surface area (Å²) in [7, 11) is 3.61. The third kappa shape index (κ3) is 3.36. The number of fused-ring (bicyclic) bond motifs is 1. The number of likely N-dealkylation sites (tertiary alicyclic amines) is 3. The Morgan fingerprint density at radius 2 is 1.86 bits per heavy atom. The molecule has 4 rings (SSSR count). The minimum Gasteiger partial charge on any atom is -0.342 e. The number of carbonyl (C=O) groups is 2. The molecule has 3 fully saturated rings. The van der Waals surface area contributed by atoms with Gasteiger partial charge in [-0.25, -0.2) is 4.79 Å². The zero-order valence-corrected chi connectivity index (χ0v) is 19.1. The van der Waals surface area contributed by atoms with Crippen LogP contribution in [0, 0.1) is 17.8 Å². The van der Waals surface area contributed by atoms with Gasteiger partial charge in [0, 0.05) is 62.0 Å². The van der Waals surface area contributed by atoms with Gasteiger partial charge in [0.05, 0.1) is 5.41 Å². The molecular formula is C22H34N4O2S. The van der Waals surface area contributed by atoms with Crippen LogP contribution < -0.4 is 0 Å². The normalized spacial score (nSPS) is 26.8. The minimum absolute atomic E-state index is 0.0421. The molecule has 0 aliphatic carbocycles. The van der Waals surface area contributed by atoms with Crippen LogP contribution in [0.15, 0.2) is 12.1 Å². The van der Waals surface area contributed by atoms with E-state index in [-0.39, 0.29) is 22.8 Å². The molecule has 1 aromatic rings. The lowest BCUT2D eigenvalue weighted by Gasteiger charge is -2.46. The second kappa shape index (κ2) is 7.58. The molecule has 3 saturated heterocycles. The van der Waals surface area contributed by atoms with Crippen molar-refractivity contribution in [2.75, 3.05) is 53.4 Å². The first-order chi connectivity index (χ1) is 13.8. The van der Waals surface area contributed by atoms with Crippen molar-refractivity contribution in [1.29, 1.82) is 0 Å². The fraction of sp³-hybridized carbons (Fsp3) is 0.727. The van der Waals surface area contributed by atoms with E-state index in [1.807, 2.05) is 21.1 Å². The van der Waals surface area contributed by atoms with Crippen LogP contribution in [-0.2, 0) is 11.3 Å². The molecule has 0 aromatic carbocycles. The van der Waals surface area contributed by atoms with E-state index in [1.54, 1.807) is 19.0 Å². The van der Waals surface area contributed by atoms with Crippen LogP contribution in [0.5, 0.6) is 0 Å². The molecule has 0 N–H and O–H groups in total. The predicted octanol–water partition coefficient (Wildman–Crippen LogP) is 2.87. The summed E-state index contributed by atoms with van der Waals surface area (Å²) in [6.07, 6.45) is 2.89. The number of hydrogen-bond donors (Lipinski definition) is 0. The number of piperidine rings is 1. The largest absolute Gasteiger partial charge is 0.342 e. The zero-order valence-electron chi connectivity index (χ0n) is 18.2. The summed E-state index contributed by atoms with van der Waals surface area (Å²) in [5.41, 5.74) is -0.470. The molecule has 0 bridgehead atoms. The highest BCUT2D eigenvalue weighted by molar-refractivity contribution is 7.11. The number of carbonyl (C=O) groups excluding carboxylic acids is 2. The van der Waals surface area contributed by atoms with E-state index in [0.717, 1.165) is 58.5 Å². The third-order valence-corrected chi connectivity index (χ3v) is 8.48. The number of nitrogens with zero attached hydrogens (tertiary/aromatic N) is 4. The molecule has 4 heterocycles. The third-order valence-electron chi connectivity index (χ3n) is 7.50. The van der Waals surface area contributed by atoms with Gasteiger partial charge in [0.1, 0.15) is 0 Å². The van der Waals surface area contributed by atoms with Crippen LogP contribution in [0.25, 0.3) is 0 Å². The molecule has 6 nitrogen and oxygen atoms in total. The quantitative estimate of drug-likeness (QED) is 0.758. The van der Waals surface area contributed by atoms with Gasteiger partial charge in [0.15, 0.2) is 0 Å². The Hall–Kier alpha value is -1.60. The van der Waals surface area contributed by atoms with Crippen molar-refractivity contribution >= 4 is 23.3 Å². The van der Waals surface area contributed by atoms with E-state index in [0.29, 0.717) is 6.54 Å². The predicted molar refractivity (Wildman–Crippen MR) is 116 cm³/mol. The van der Waals surface area contributed by atoms with E-state index in [2.05, 4.69) is 30.9 Å². The van der Waals surface area contributed by atoms with E-state index in [4.69, 9.17) is 0 Å². The molecule has 1 unspecified atom stereocenters. The molecule has 7 heteroatoms. The molecule has 0 saturated carbocycles. The van der Waals surface area contributed by atoms with Gasteiger partial charge >= 0.3 is 6.03 Å². The summed E-state index contributed by atoms with van der Waals surface area (Å²) in [5, 5.41) is 0. The summed E-state index contributed by atoms with van der Waals surface area (Å²) < 4.78 is 0. The van der Waals surface area contributed by atoms with Crippen molar-refractivity contribution in [3.8, 4) is 0 Å². The van der Waals surface area contributed by atoms with Crippen molar-refractivity contribution in [2.45, 2.75) is 39.7 Å². The van der Waals surface area contributed by atoms with Gasteiger partial charge in [0.2, 0.25) is 5.91 Å². The van der Waals surface area contributed by atoms with Crippen LogP contribution in [0.1, 0.15) is 35.9 Å². The summed E-state index contributed by atoms with van der Waals surface area (Å²) in [6.45, 7) is 10.1. The Morgan fingerprint density at radius 1 is 1.14 bits per heavy atom. The zero-order chi connectivity index (χ0) is 20.8. The van der Waals surface area contributed by atoms with Gasteiger partial charge in [-0.15, -0.1) is 11.3 Å². The van der Waals surface area contributed by atoms with E-state index < -0.39 is 0 Å². The highest BCUT2D eigenvalue weighted by Gasteiger charge is 2.65. The average Bonchev–Trinajstić information content (AvgIpc) is 3.35. The van der Waals surface area contributed by atoms with Crippen LogP contribution in [0.3, 0.4) is 0 Å². The lowest BCUT2D eigenvalue weighted by Crippen LogP contribution is -2.52. The molecule has 29 heavy (non-hydrogen) atoms. The lowest BCUT2D eigenvalue weighted by atomic mass is 9.60. The molecule has 3 amide bonds. The minimum atomic E-state index is -0.389. The number of urea groups is 1. The number of hydrogen-bond acceptors (Lipinski definition) is 4. The van der Waals surface area contributed by atoms with Crippen molar-refractivity contribution in [3.05, 3.63) is 21.9 Å². The Kier molecular flexibility index (Phi) is 5.40. The standard InChI is InChI=1S/C22H34N4O2S/c1-5-25-13-10-22(19(25)27)16-26(20(28)23(3)4)15-21(22)8-11-24(12-9-21)14-18-7-6-17(2)29-18/h6-7H,5,8-16H2,1-4H3. The Morgan fingerprint density at radius 3 is 2.41 bits per heavy atom. The highest BCUT2D eigenvalue weighted by atomic mass is 32.1. The summed E-state index contributed by atoms with van der Waals surface area (Å²) in [4.78, 5) is 37.2. The molecular weight excluding hydrogens is 384 g/mol. The first-order valence-corrected chi connectivity index (χ1v) is 11.7. The van der Waals surface area contributed by atoms with Crippen molar-refractivity contribution in [1.82, 2.24) is 19.6 Å². The van der Waals surface area contributed by atoms with Gasteiger partial charge in [-0.1, -0.05) is 0 Å². The topological polar surface area (TPSA) is 47.1 Å². The van der Waals surface area contributed by atoms with Crippen molar-refractivity contribution < 1.29 is 9.59 Å². The smallest absolute Gasteiger partial charge is 0.319 e. The Labute approximate surface area is 178 Å². The Balaban J connectivity index is 1.55. The van der Waals surface area contributed by atoms with Crippen LogP contribution in [0.2, 0.25) is 0 Å². The first-order valence-electron chi connectivity index (χ1n) is 10.8. The molecule has 3 aliphatic heterocycles. The second-order valence-corrected chi connectivity index (χ2v) is 10.7. The van der Waals surface area contributed by atoms with E-state index in [9.17, 15) is 9.59 Å². The molecule has 0 radical (unpaired) electrons. The summed E-state index contributed by atoms with van der Waals surface area (Å²) >= 11 is 1.87. The molecule has 160 valence electrons. The monoisotopic (exact) mass is 418 g/mol. The number of aryl methyl sites for hydroxylation is 1. The fourth-order valence-electron chi connectivity index (χ4n) is 5.83. The average molecular weight is 419 g/mol. The van der Waals surface area contributed by atoms with Crippen LogP contribution in [-0.4, -0.2) is 84.9 Å². The maximum absolute atomic E-state index is 13.5. The molecule has 3 aliphatic rings. The van der Waals surface area contributed by atoms with Gasteiger partial charge in [-0.05, 0) is 58.3 Å². The van der Waals surface area contributed by atoms with Gasteiger partial charge in [-0.2, -0.15) is 0 Å².